The van der Waals surface area contributed by atoms with Crippen LogP contribution in [0.1, 0.15) is 54.3 Å². The molecular weight excluding hydrogens is 391 g/mol. The zero-order chi connectivity index (χ0) is 22.3. The first-order valence-electron chi connectivity index (χ1n) is 8.21. The molecule has 11 nitrogen and oxygen atoms in total. The molecule has 0 aromatic carbocycles. The minimum absolute atomic E-state index is 0. The van der Waals surface area contributed by atoms with Gasteiger partial charge in [0.1, 0.15) is 0 Å². The summed E-state index contributed by atoms with van der Waals surface area (Å²) in [5.41, 5.74) is 0. The van der Waals surface area contributed by atoms with Gasteiger partial charge in [0.15, 0.2) is 0 Å². The van der Waals surface area contributed by atoms with Crippen molar-refractivity contribution in [3.05, 3.63) is 0 Å². The van der Waals surface area contributed by atoms with E-state index in [0.29, 0.717) is 6.42 Å². The fourth-order valence-corrected chi connectivity index (χ4v) is 0.761. The van der Waals surface area contributed by atoms with Gasteiger partial charge in [-0.1, -0.05) is 6.92 Å². The minimum Gasteiger partial charge on any atom is -1.00 e. The number of aliphatic hydroxyl groups is 2. The van der Waals surface area contributed by atoms with Crippen molar-refractivity contribution in [1.29, 1.82) is 0 Å². The average Bonchev–Trinajstić information content (AvgIpc) is 2.59. The second kappa shape index (κ2) is 30.5. The predicted octanol–water partition coefficient (Wildman–Crippen LogP) is -2.22. The molecule has 0 saturated heterocycles. The maximum atomic E-state index is 9.64. The summed E-state index contributed by atoms with van der Waals surface area (Å²) in [5.74, 6) is -4.31. The molecule has 6 N–H and O–H groups in total. The minimum atomic E-state index is -1.08. The zero-order valence-corrected chi connectivity index (χ0v) is 19.0. The van der Waals surface area contributed by atoms with E-state index in [1.54, 1.807) is 0 Å². The van der Waals surface area contributed by atoms with Gasteiger partial charge in [-0.2, -0.15) is 0 Å². The van der Waals surface area contributed by atoms with Gasteiger partial charge in [0.25, 0.3) is 0 Å². The van der Waals surface area contributed by atoms with Crippen LogP contribution in [0.3, 0.4) is 0 Å². The maximum Gasteiger partial charge on any atom is 1.00 e. The van der Waals surface area contributed by atoms with Crippen molar-refractivity contribution >= 4 is 23.9 Å². The van der Waals surface area contributed by atoms with Gasteiger partial charge in [0, 0.05) is 13.2 Å². The number of aliphatic hydroxyl groups excluding tert-OH is 2. The third kappa shape index (κ3) is 64.2. The van der Waals surface area contributed by atoms with Crippen LogP contribution in [0.5, 0.6) is 0 Å². The Hall–Kier alpha value is -1.24. The molecule has 0 heterocycles. The van der Waals surface area contributed by atoms with Crippen molar-refractivity contribution in [2.75, 3.05) is 19.8 Å². The molecule has 0 spiro atoms. The predicted molar refractivity (Wildman–Crippen MR) is 95.7 cm³/mol. The van der Waals surface area contributed by atoms with E-state index in [2.05, 4.69) is 0 Å². The van der Waals surface area contributed by atoms with Crippen LogP contribution in [-0.4, -0.2) is 80.4 Å². The first-order chi connectivity index (χ1) is 12.5. The summed E-state index contributed by atoms with van der Waals surface area (Å²) < 4.78 is 4.83. The van der Waals surface area contributed by atoms with Crippen LogP contribution in [0.25, 0.3) is 0 Å². The van der Waals surface area contributed by atoms with E-state index in [9.17, 15) is 19.2 Å². The van der Waals surface area contributed by atoms with Crippen LogP contribution in [-0.2, 0) is 23.9 Å². The van der Waals surface area contributed by atoms with E-state index in [1.807, 2.05) is 20.8 Å². The van der Waals surface area contributed by atoms with E-state index in [-0.39, 0.29) is 63.3 Å². The number of hydrogen-bond acceptors (Lipinski definition) is 7. The largest absolute Gasteiger partial charge is 1.00 e. The molecule has 0 aliphatic heterocycles. The van der Waals surface area contributed by atoms with Crippen molar-refractivity contribution in [3.8, 4) is 0 Å². The molecule has 0 aromatic heterocycles. The SMILES string of the molecule is CCC(O)CO.CCOCC.O=C(O)CCC(=O)O.O=C(O)CCC(=O)O.[H-].[Na+]. The van der Waals surface area contributed by atoms with Gasteiger partial charge in [-0.05, 0) is 20.3 Å². The molecule has 0 fully saturated rings. The van der Waals surface area contributed by atoms with E-state index < -0.39 is 30.0 Å². The molecule has 0 bridgehead atoms. The molecule has 0 saturated carbocycles. The van der Waals surface area contributed by atoms with Crippen molar-refractivity contribution in [3.63, 3.8) is 0 Å². The van der Waals surface area contributed by atoms with Gasteiger partial charge in [-0.25, -0.2) is 0 Å². The monoisotopic (exact) mass is 424 g/mol. The van der Waals surface area contributed by atoms with Gasteiger partial charge in [0.2, 0.25) is 0 Å². The smallest absolute Gasteiger partial charge is 1.00 e. The fraction of sp³-hybridized carbons (Fsp3) is 0.750. The topological polar surface area (TPSA) is 199 Å². The molecule has 0 aromatic rings. The first-order valence-corrected chi connectivity index (χ1v) is 8.21. The molecule has 0 aliphatic carbocycles. The molecule has 0 rings (SSSR count). The summed E-state index contributed by atoms with van der Waals surface area (Å²) in [7, 11) is 0. The number of hydrogen-bond donors (Lipinski definition) is 6. The molecule has 164 valence electrons. The summed E-state index contributed by atoms with van der Waals surface area (Å²) in [6.45, 7) is 7.37. The number of carboxylic acids is 4. The Kier molecular flexibility index (Phi) is 40.8. The second-order valence-electron chi connectivity index (χ2n) is 4.60. The van der Waals surface area contributed by atoms with Crippen LogP contribution in [0.4, 0.5) is 0 Å². The van der Waals surface area contributed by atoms with E-state index in [1.165, 1.54) is 0 Å². The molecule has 12 heteroatoms. The summed E-state index contributed by atoms with van der Waals surface area (Å²) in [4.78, 5) is 38.6. The number of carboxylic acid groups (broad SMARTS) is 4. The normalized spacial score (nSPS) is 9.46. The third-order valence-corrected chi connectivity index (χ3v) is 2.20. The summed E-state index contributed by atoms with van der Waals surface area (Å²) in [6.07, 6.45) is -1.06. The molecule has 1 atom stereocenters. The van der Waals surface area contributed by atoms with Crippen LogP contribution < -0.4 is 29.6 Å². The van der Waals surface area contributed by atoms with Crippen LogP contribution in [0.2, 0.25) is 0 Å². The summed E-state index contributed by atoms with van der Waals surface area (Å²) in [5, 5.41) is 48.1. The van der Waals surface area contributed by atoms with Crippen molar-refractivity contribution in [2.24, 2.45) is 0 Å². The second-order valence-corrected chi connectivity index (χ2v) is 4.60. The van der Waals surface area contributed by atoms with Gasteiger partial charge in [0.05, 0.1) is 38.4 Å². The Morgan fingerprint density at radius 1 is 0.750 bits per heavy atom. The average molecular weight is 424 g/mol. The van der Waals surface area contributed by atoms with Crippen LogP contribution in [0, 0.1) is 0 Å². The van der Waals surface area contributed by atoms with Gasteiger partial charge in [-0.3, -0.25) is 19.2 Å². The van der Waals surface area contributed by atoms with Gasteiger partial charge < -0.3 is 36.8 Å². The molecule has 1 unspecified atom stereocenters. The molecule has 0 aliphatic rings. The quantitative estimate of drug-likeness (QED) is 0.208. The van der Waals surface area contributed by atoms with Gasteiger partial charge >= 0.3 is 53.4 Å². The summed E-state index contributed by atoms with van der Waals surface area (Å²) in [6, 6.07) is 0. The molecule has 28 heavy (non-hydrogen) atoms. The van der Waals surface area contributed by atoms with E-state index in [4.69, 9.17) is 35.4 Å². The van der Waals surface area contributed by atoms with Crippen molar-refractivity contribution in [2.45, 2.75) is 59.0 Å². The number of rotatable bonds is 10. The standard InChI is InChI=1S/2C4H6O4.C4H10O2.C4H10O.Na.H/c2*5-3(6)1-2-4(7)8;1-2-4(6)3-5;1-3-5-4-2;;/h2*1-2H2,(H,5,6)(H,7,8);4-6H,2-3H2,1H3;3-4H2,1-2H3;;/q;;;;+1;-1. The summed E-state index contributed by atoms with van der Waals surface area (Å²) >= 11 is 0. The third-order valence-electron chi connectivity index (χ3n) is 2.20. The molecular formula is C16H33NaO11. The van der Waals surface area contributed by atoms with Crippen molar-refractivity contribution in [1.82, 2.24) is 0 Å². The molecule has 0 radical (unpaired) electrons. The number of carbonyl (C=O) groups is 4. The van der Waals surface area contributed by atoms with E-state index in [0.717, 1.165) is 13.2 Å². The number of ether oxygens (including phenoxy) is 1. The Bertz CT molecular complexity index is 333. The first kappa shape index (κ1) is 37.5. The Morgan fingerprint density at radius 2 is 1.00 bits per heavy atom. The van der Waals surface area contributed by atoms with Crippen LogP contribution in [0.15, 0.2) is 0 Å². The Balaban J connectivity index is -0.0000000604. The fourth-order valence-electron chi connectivity index (χ4n) is 0.761. The maximum absolute atomic E-state index is 9.64. The van der Waals surface area contributed by atoms with Crippen molar-refractivity contribution < 1.29 is 85.5 Å². The van der Waals surface area contributed by atoms with Crippen LogP contribution >= 0.6 is 0 Å². The zero-order valence-electron chi connectivity index (χ0n) is 18.0. The number of aliphatic carboxylic acids is 4. The van der Waals surface area contributed by atoms with E-state index >= 15 is 0 Å². The Labute approximate surface area is 188 Å². The Morgan fingerprint density at radius 3 is 1.04 bits per heavy atom. The molecule has 0 amide bonds. The van der Waals surface area contributed by atoms with Gasteiger partial charge in [-0.15, -0.1) is 0 Å².